The maximum absolute atomic E-state index is 13.5. The van der Waals surface area contributed by atoms with Crippen LogP contribution in [0, 0.1) is 0 Å². The summed E-state index contributed by atoms with van der Waals surface area (Å²) in [5.74, 6) is -1.63. The minimum Gasteiger partial charge on any atom is -0.480 e. The SMILES string of the molecule is CCC(CC)(NC(=O)OCC1c2ccccc2-c2ccccc21)C(=O)N(CC(=O)O)C(C)(C)C. The number of carboxylic acids is 1. The Labute approximate surface area is 201 Å². The van der Waals surface area contributed by atoms with Gasteiger partial charge in [0.2, 0.25) is 5.91 Å². The summed E-state index contributed by atoms with van der Waals surface area (Å²) in [6.45, 7) is 8.61. The minimum atomic E-state index is -1.26. The van der Waals surface area contributed by atoms with Gasteiger partial charge in [-0.25, -0.2) is 4.79 Å². The van der Waals surface area contributed by atoms with Gasteiger partial charge < -0.3 is 20.1 Å². The summed E-state index contributed by atoms with van der Waals surface area (Å²) in [6.07, 6.45) is -0.0830. The third-order valence-electron chi connectivity index (χ3n) is 6.65. The molecule has 1 aliphatic rings. The Hall–Kier alpha value is -3.35. The van der Waals surface area contributed by atoms with Crippen molar-refractivity contribution in [1.82, 2.24) is 10.2 Å². The van der Waals surface area contributed by atoms with Crippen LogP contribution in [0.3, 0.4) is 0 Å². The molecule has 1 aliphatic carbocycles. The maximum Gasteiger partial charge on any atom is 0.408 e. The molecular weight excluding hydrogens is 432 g/mol. The number of carbonyl (C=O) groups is 3. The van der Waals surface area contributed by atoms with Gasteiger partial charge in [0, 0.05) is 11.5 Å². The van der Waals surface area contributed by atoms with Crippen molar-refractivity contribution in [3.8, 4) is 11.1 Å². The van der Waals surface area contributed by atoms with E-state index in [0.717, 1.165) is 22.3 Å². The molecule has 2 aromatic carbocycles. The Morgan fingerprint density at radius 3 is 1.88 bits per heavy atom. The molecule has 182 valence electrons. The van der Waals surface area contributed by atoms with E-state index < -0.39 is 35.6 Å². The zero-order valence-corrected chi connectivity index (χ0v) is 20.6. The van der Waals surface area contributed by atoms with E-state index in [-0.39, 0.29) is 12.5 Å². The Bertz CT molecular complexity index is 1020. The van der Waals surface area contributed by atoms with Gasteiger partial charge in [-0.05, 0) is 55.9 Å². The zero-order chi connectivity index (χ0) is 25.1. The number of nitrogens with zero attached hydrogens (tertiary/aromatic N) is 1. The van der Waals surface area contributed by atoms with Gasteiger partial charge in [0.1, 0.15) is 18.7 Å². The Morgan fingerprint density at radius 1 is 0.941 bits per heavy atom. The highest BCUT2D eigenvalue weighted by Crippen LogP contribution is 2.44. The first-order chi connectivity index (χ1) is 16.0. The van der Waals surface area contributed by atoms with Crippen molar-refractivity contribution < 1.29 is 24.2 Å². The predicted molar refractivity (Wildman–Crippen MR) is 131 cm³/mol. The predicted octanol–water partition coefficient (Wildman–Crippen LogP) is 4.80. The molecule has 0 saturated carbocycles. The van der Waals surface area contributed by atoms with Crippen LogP contribution in [0.5, 0.6) is 0 Å². The summed E-state index contributed by atoms with van der Waals surface area (Å²) in [5, 5.41) is 12.1. The van der Waals surface area contributed by atoms with Crippen molar-refractivity contribution in [2.75, 3.05) is 13.2 Å². The first-order valence-electron chi connectivity index (χ1n) is 11.7. The van der Waals surface area contributed by atoms with Crippen molar-refractivity contribution in [3.63, 3.8) is 0 Å². The molecule has 2 aromatic rings. The lowest BCUT2D eigenvalue weighted by molar-refractivity contribution is -0.152. The molecular formula is C27H34N2O5. The highest BCUT2D eigenvalue weighted by molar-refractivity contribution is 5.92. The average Bonchev–Trinajstić information content (AvgIpc) is 3.12. The Balaban J connectivity index is 1.78. The number of alkyl carbamates (subject to hydrolysis) is 1. The van der Waals surface area contributed by atoms with Gasteiger partial charge in [0.05, 0.1) is 0 Å². The van der Waals surface area contributed by atoms with Crippen LogP contribution in [0.1, 0.15) is 64.5 Å². The lowest BCUT2D eigenvalue weighted by Crippen LogP contribution is -2.63. The number of benzene rings is 2. The molecule has 0 heterocycles. The summed E-state index contributed by atoms with van der Waals surface area (Å²) in [7, 11) is 0. The fourth-order valence-electron chi connectivity index (χ4n) is 4.62. The highest BCUT2D eigenvalue weighted by atomic mass is 16.5. The standard InChI is InChI=1S/C27H34N2O5/c1-6-27(7-2,24(32)29(16-23(30)31)26(3,4)5)28-25(33)34-17-22-20-14-10-8-12-18(20)19-13-9-11-15-21(19)22/h8-15,22H,6-7,16-17H2,1-5H3,(H,28,33)(H,30,31). The van der Waals surface area contributed by atoms with E-state index in [1.807, 2.05) is 36.4 Å². The van der Waals surface area contributed by atoms with Crippen LogP contribution in [0.4, 0.5) is 4.79 Å². The monoisotopic (exact) mass is 466 g/mol. The van der Waals surface area contributed by atoms with Gasteiger partial charge >= 0.3 is 12.1 Å². The second kappa shape index (κ2) is 9.87. The van der Waals surface area contributed by atoms with Crippen LogP contribution in [0.2, 0.25) is 0 Å². The molecule has 0 atom stereocenters. The van der Waals surface area contributed by atoms with Crippen molar-refractivity contribution in [2.24, 2.45) is 0 Å². The van der Waals surface area contributed by atoms with Gasteiger partial charge in [0.25, 0.3) is 0 Å². The lowest BCUT2D eigenvalue weighted by Gasteiger charge is -2.42. The van der Waals surface area contributed by atoms with Gasteiger partial charge in [-0.2, -0.15) is 0 Å². The summed E-state index contributed by atoms with van der Waals surface area (Å²) >= 11 is 0. The third kappa shape index (κ3) is 4.93. The molecule has 7 heteroatoms. The molecule has 2 N–H and O–H groups in total. The van der Waals surface area contributed by atoms with E-state index in [0.29, 0.717) is 12.8 Å². The number of aliphatic carboxylic acids is 1. The summed E-state index contributed by atoms with van der Waals surface area (Å²) in [4.78, 5) is 39.2. The number of fused-ring (bicyclic) bond motifs is 3. The lowest BCUT2D eigenvalue weighted by atomic mass is 9.89. The quantitative estimate of drug-likeness (QED) is 0.583. The maximum atomic E-state index is 13.5. The topological polar surface area (TPSA) is 95.9 Å². The van der Waals surface area contributed by atoms with Crippen LogP contribution in [-0.4, -0.2) is 52.2 Å². The number of carboxylic acid groups (broad SMARTS) is 1. The van der Waals surface area contributed by atoms with Crippen molar-refractivity contribution >= 4 is 18.0 Å². The first-order valence-corrected chi connectivity index (χ1v) is 11.7. The van der Waals surface area contributed by atoms with E-state index in [1.165, 1.54) is 4.90 Å². The first kappa shape index (κ1) is 25.3. The molecule has 3 rings (SSSR count). The third-order valence-corrected chi connectivity index (χ3v) is 6.65. The van der Waals surface area contributed by atoms with E-state index in [1.54, 1.807) is 34.6 Å². The van der Waals surface area contributed by atoms with Crippen LogP contribution in [0.15, 0.2) is 48.5 Å². The van der Waals surface area contributed by atoms with Gasteiger partial charge in [-0.1, -0.05) is 62.4 Å². The molecule has 2 amide bonds. The number of hydrogen-bond acceptors (Lipinski definition) is 4. The molecule has 0 aromatic heterocycles. The molecule has 7 nitrogen and oxygen atoms in total. The van der Waals surface area contributed by atoms with Crippen LogP contribution < -0.4 is 5.32 Å². The molecule has 0 unspecified atom stereocenters. The van der Waals surface area contributed by atoms with Crippen molar-refractivity contribution in [1.29, 1.82) is 0 Å². The largest absolute Gasteiger partial charge is 0.480 e. The fourth-order valence-corrected chi connectivity index (χ4v) is 4.62. The average molecular weight is 467 g/mol. The summed E-state index contributed by atoms with van der Waals surface area (Å²) < 4.78 is 5.66. The number of amides is 2. The van der Waals surface area contributed by atoms with E-state index in [9.17, 15) is 19.5 Å². The number of rotatable bonds is 8. The molecule has 34 heavy (non-hydrogen) atoms. The molecule has 0 aliphatic heterocycles. The second-order valence-electron chi connectivity index (χ2n) is 9.70. The highest BCUT2D eigenvalue weighted by Gasteiger charge is 2.44. The second-order valence-corrected chi connectivity index (χ2v) is 9.70. The van der Waals surface area contributed by atoms with Crippen LogP contribution in [0.25, 0.3) is 11.1 Å². The summed E-state index contributed by atoms with van der Waals surface area (Å²) in [5.41, 5.74) is 2.48. The summed E-state index contributed by atoms with van der Waals surface area (Å²) in [6, 6.07) is 16.1. The van der Waals surface area contributed by atoms with E-state index >= 15 is 0 Å². The zero-order valence-electron chi connectivity index (χ0n) is 20.6. The molecule has 0 spiro atoms. The fraction of sp³-hybridized carbons (Fsp3) is 0.444. The number of hydrogen-bond donors (Lipinski definition) is 2. The number of carbonyl (C=O) groups excluding carboxylic acids is 2. The Kier molecular flexibility index (Phi) is 7.34. The van der Waals surface area contributed by atoms with E-state index in [4.69, 9.17) is 4.74 Å². The number of ether oxygens (including phenoxy) is 1. The van der Waals surface area contributed by atoms with Crippen molar-refractivity contribution in [3.05, 3.63) is 59.7 Å². The van der Waals surface area contributed by atoms with Crippen LogP contribution >= 0.6 is 0 Å². The van der Waals surface area contributed by atoms with E-state index in [2.05, 4.69) is 17.4 Å². The van der Waals surface area contributed by atoms with Gasteiger partial charge in [-0.3, -0.25) is 9.59 Å². The molecule has 0 radical (unpaired) electrons. The molecule has 0 saturated heterocycles. The van der Waals surface area contributed by atoms with Crippen molar-refractivity contribution in [2.45, 2.75) is 64.5 Å². The van der Waals surface area contributed by atoms with Crippen LogP contribution in [-0.2, 0) is 14.3 Å². The van der Waals surface area contributed by atoms with Gasteiger partial charge in [0.15, 0.2) is 0 Å². The number of nitrogens with one attached hydrogen (secondary N) is 1. The minimum absolute atomic E-state index is 0.0930. The molecule has 0 fully saturated rings. The van der Waals surface area contributed by atoms with Gasteiger partial charge in [-0.15, -0.1) is 0 Å². The smallest absolute Gasteiger partial charge is 0.408 e. The molecule has 0 bridgehead atoms. The normalized spacial score (nSPS) is 13.1. The Morgan fingerprint density at radius 2 is 1.44 bits per heavy atom.